The van der Waals surface area contributed by atoms with Gasteiger partial charge in [-0.1, -0.05) is 18.2 Å². The molecule has 0 aliphatic heterocycles. The minimum Gasteiger partial charge on any atom is -0.351 e. The number of benzene rings is 1. The zero-order chi connectivity index (χ0) is 23.7. The zero-order valence-corrected chi connectivity index (χ0v) is 21.0. The van der Waals surface area contributed by atoms with Gasteiger partial charge in [-0.3, -0.25) is 9.59 Å². The molecule has 0 saturated heterocycles. The minimum atomic E-state index is -0.289. The summed E-state index contributed by atoms with van der Waals surface area (Å²) in [6, 6.07) is 9.95. The van der Waals surface area contributed by atoms with Crippen molar-refractivity contribution < 1.29 is 4.79 Å². The standard InChI is InChI=1S/C24H27N5O2S2/c1-13-16(4)33-24-21(13)23(31)26-20(27-24)12-32-17(5)22(30)25-11-19-14(2)28-29(15(19)3)18-9-7-6-8-10-18/h6-10,17H,11-12H2,1-5H3,(H,25,30)(H,26,27,31). The second kappa shape index (κ2) is 9.52. The number of nitrogens with zero attached hydrogens (tertiary/aromatic N) is 3. The predicted molar refractivity (Wildman–Crippen MR) is 135 cm³/mol. The number of aromatic amines is 1. The van der Waals surface area contributed by atoms with E-state index in [0.717, 1.165) is 37.9 Å². The van der Waals surface area contributed by atoms with E-state index in [-0.39, 0.29) is 16.7 Å². The van der Waals surface area contributed by atoms with Crippen molar-refractivity contribution in [1.29, 1.82) is 0 Å². The van der Waals surface area contributed by atoms with Gasteiger partial charge in [0.05, 0.1) is 27.8 Å². The van der Waals surface area contributed by atoms with Crippen molar-refractivity contribution in [2.24, 2.45) is 0 Å². The van der Waals surface area contributed by atoms with Crippen LogP contribution in [-0.2, 0) is 17.1 Å². The Hall–Kier alpha value is -2.91. The van der Waals surface area contributed by atoms with Crippen LogP contribution in [0.15, 0.2) is 35.1 Å². The van der Waals surface area contributed by atoms with Gasteiger partial charge in [0.2, 0.25) is 5.91 Å². The van der Waals surface area contributed by atoms with Crippen molar-refractivity contribution in [1.82, 2.24) is 25.1 Å². The molecule has 4 rings (SSSR count). The lowest BCUT2D eigenvalue weighted by Crippen LogP contribution is -2.31. The molecule has 0 fully saturated rings. The maximum atomic E-state index is 12.7. The van der Waals surface area contributed by atoms with Crippen molar-refractivity contribution in [3.8, 4) is 5.69 Å². The van der Waals surface area contributed by atoms with Crippen molar-refractivity contribution >= 4 is 39.2 Å². The number of para-hydroxylation sites is 1. The van der Waals surface area contributed by atoms with Crippen LogP contribution in [0.2, 0.25) is 0 Å². The Morgan fingerprint density at radius 3 is 2.67 bits per heavy atom. The maximum absolute atomic E-state index is 12.7. The number of carbonyl (C=O) groups is 1. The lowest BCUT2D eigenvalue weighted by atomic mass is 10.2. The molecule has 172 valence electrons. The van der Waals surface area contributed by atoms with Crippen molar-refractivity contribution in [2.45, 2.75) is 52.2 Å². The molecular formula is C24H27N5O2S2. The van der Waals surface area contributed by atoms with Gasteiger partial charge in [0, 0.05) is 22.7 Å². The lowest BCUT2D eigenvalue weighted by Gasteiger charge is -2.12. The molecule has 1 unspecified atom stereocenters. The smallest absolute Gasteiger partial charge is 0.259 e. The number of aromatic nitrogens is 4. The third-order valence-corrected chi connectivity index (χ3v) is 8.06. The summed E-state index contributed by atoms with van der Waals surface area (Å²) in [7, 11) is 0. The second-order valence-electron chi connectivity index (χ2n) is 8.04. The van der Waals surface area contributed by atoms with E-state index in [1.54, 1.807) is 0 Å². The van der Waals surface area contributed by atoms with E-state index >= 15 is 0 Å². The predicted octanol–water partition coefficient (Wildman–Crippen LogP) is 4.34. The van der Waals surface area contributed by atoms with Gasteiger partial charge in [-0.15, -0.1) is 23.1 Å². The summed E-state index contributed by atoms with van der Waals surface area (Å²) in [5.74, 6) is 0.992. The van der Waals surface area contributed by atoms with Gasteiger partial charge in [0.1, 0.15) is 10.7 Å². The third-order valence-electron chi connectivity index (χ3n) is 5.81. The molecule has 0 saturated carbocycles. The van der Waals surface area contributed by atoms with Crippen LogP contribution in [0, 0.1) is 27.7 Å². The Morgan fingerprint density at radius 1 is 1.21 bits per heavy atom. The van der Waals surface area contributed by atoms with Crippen molar-refractivity contribution in [2.75, 3.05) is 0 Å². The SMILES string of the molecule is Cc1nn(-c2ccccc2)c(C)c1CNC(=O)C(C)SCc1nc2sc(C)c(C)c2c(=O)[nH]1. The molecule has 0 aliphatic rings. The highest BCUT2D eigenvalue weighted by molar-refractivity contribution is 7.99. The second-order valence-corrected chi connectivity index (χ2v) is 10.6. The summed E-state index contributed by atoms with van der Waals surface area (Å²) in [6.45, 7) is 10.2. The van der Waals surface area contributed by atoms with E-state index in [9.17, 15) is 9.59 Å². The number of aryl methyl sites for hydroxylation is 3. The van der Waals surface area contributed by atoms with Gasteiger partial charge < -0.3 is 10.3 Å². The number of nitrogens with one attached hydrogen (secondary N) is 2. The van der Waals surface area contributed by atoms with E-state index in [1.807, 2.05) is 69.6 Å². The molecular weight excluding hydrogens is 454 g/mol. The van der Waals surface area contributed by atoms with Crippen LogP contribution in [-0.4, -0.2) is 30.9 Å². The van der Waals surface area contributed by atoms with Gasteiger partial charge in [-0.25, -0.2) is 9.67 Å². The number of thiophene rings is 1. The first-order valence-corrected chi connectivity index (χ1v) is 12.6. The average molecular weight is 482 g/mol. The van der Waals surface area contributed by atoms with Crippen LogP contribution < -0.4 is 10.9 Å². The summed E-state index contributed by atoms with van der Waals surface area (Å²) in [5, 5.41) is 8.05. The molecule has 4 aromatic rings. The molecule has 1 amide bonds. The first kappa shape index (κ1) is 23.3. The van der Waals surface area contributed by atoms with E-state index in [1.165, 1.54) is 23.1 Å². The molecule has 0 spiro atoms. The summed E-state index contributed by atoms with van der Waals surface area (Å²) >= 11 is 2.98. The molecule has 7 nitrogen and oxygen atoms in total. The largest absolute Gasteiger partial charge is 0.351 e. The summed E-state index contributed by atoms with van der Waals surface area (Å²) in [6.07, 6.45) is 0. The van der Waals surface area contributed by atoms with Crippen LogP contribution >= 0.6 is 23.1 Å². The Labute approximate surface area is 200 Å². The fourth-order valence-electron chi connectivity index (χ4n) is 3.72. The summed E-state index contributed by atoms with van der Waals surface area (Å²) in [5.41, 5.74) is 4.79. The topological polar surface area (TPSA) is 92.7 Å². The quantitative estimate of drug-likeness (QED) is 0.410. The Bertz CT molecular complexity index is 1370. The van der Waals surface area contributed by atoms with Crippen LogP contribution in [0.25, 0.3) is 15.9 Å². The number of amides is 1. The van der Waals surface area contributed by atoms with Gasteiger partial charge in [0.25, 0.3) is 5.56 Å². The number of hydrogen-bond donors (Lipinski definition) is 2. The Kier molecular flexibility index (Phi) is 6.71. The zero-order valence-electron chi connectivity index (χ0n) is 19.4. The van der Waals surface area contributed by atoms with E-state index in [0.29, 0.717) is 23.5 Å². The number of thioether (sulfide) groups is 1. The molecule has 9 heteroatoms. The molecule has 2 N–H and O–H groups in total. The maximum Gasteiger partial charge on any atom is 0.259 e. The number of rotatable bonds is 7. The van der Waals surface area contributed by atoms with Crippen molar-refractivity contribution in [3.05, 3.63) is 73.9 Å². The van der Waals surface area contributed by atoms with Gasteiger partial charge >= 0.3 is 0 Å². The van der Waals surface area contributed by atoms with Gasteiger partial charge in [-0.2, -0.15) is 5.10 Å². The number of fused-ring (bicyclic) bond motifs is 1. The van der Waals surface area contributed by atoms with E-state index in [2.05, 4.69) is 20.4 Å². The number of H-pyrrole nitrogens is 1. The fourth-order valence-corrected chi connectivity index (χ4v) is 5.55. The van der Waals surface area contributed by atoms with Crippen LogP contribution in [0.5, 0.6) is 0 Å². The van der Waals surface area contributed by atoms with Gasteiger partial charge in [-0.05, 0) is 52.3 Å². The molecule has 1 aromatic carbocycles. The molecule has 3 heterocycles. The van der Waals surface area contributed by atoms with Crippen LogP contribution in [0.3, 0.4) is 0 Å². The van der Waals surface area contributed by atoms with Crippen LogP contribution in [0.4, 0.5) is 0 Å². The summed E-state index contributed by atoms with van der Waals surface area (Å²) in [4.78, 5) is 34.5. The Morgan fingerprint density at radius 2 is 1.94 bits per heavy atom. The fraction of sp³-hybridized carbons (Fsp3) is 0.333. The monoisotopic (exact) mass is 481 g/mol. The Balaban J connectivity index is 1.38. The first-order chi connectivity index (χ1) is 15.8. The minimum absolute atomic E-state index is 0.0579. The summed E-state index contributed by atoms with van der Waals surface area (Å²) < 4.78 is 1.90. The highest BCUT2D eigenvalue weighted by Gasteiger charge is 2.18. The molecule has 1 atom stereocenters. The first-order valence-electron chi connectivity index (χ1n) is 10.7. The highest BCUT2D eigenvalue weighted by atomic mass is 32.2. The molecule has 3 aromatic heterocycles. The highest BCUT2D eigenvalue weighted by Crippen LogP contribution is 2.26. The third kappa shape index (κ3) is 4.74. The molecule has 0 aliphatic carbocycles. The van der Waals surface area contributed by atoms with Crippen molar-refractivity contribution in [3.63, 3.8) is 0 Å². The number of hydrogen-bond acceptors (Lipinski definition) is 6. The average Bonchev–Trinajstić information content (AvgIpc) is 3.25. The number of carbonyl (C=O) groups excluding carboxylic acids is 1. The normalized spacial score (nSPS) is 12.3. The lowest BCUT2D eigenvalue weighted by molar-refractivity contribution is -0.120. The van der Waals surface area contributed by atoms with E-state index < -0.39 is 0 Å². The van der Waals surface area contributed by atoms with E-state index in [4.69, 9.17) is 0 Å². The molecule has 0 radical (unpaired) electrons. The molecule has 33 heavy (non-hydrogen) atoms. The van der Waals surface area contributed by atoms with Gasteiger partial charge in [0.15, 0.2) is 0 Å². The van der Waals surface area contributed by atoms with Crippen LogP contribution in [0.1, 0.15) is 40.1 Å². The molecule has 0 bridgehead atoms.